The van der Waals surface area contributed by atoms with Gasteiger partial charge in [0, 0.05) is 28.2 Å². The Balaban J connectivity index is 4.45. The molecule has 4 heteroatoms. The van der Waals surface area contributed by atoms with E-state index in [1.807, 2.05) is 6.92 Å². The standard InChI is InChI=1S/C8H17N3O/c1-6-7(9-11(4)5)8(12)10(2)3/h6H2,1-5H3/b9-7+. The Labute approximate surface area is 73.8 Å². The summed E-state index contributed by atoms with van der Waals surface area (Å²) < 4.78 is 0. The van der Waals surface area contributed by atoms with E-state index < -0.39 is 0 Å². The molecule has 0 aromatic heterocycles. The van der Waals surface area contributed by atoms with Gasteiger partial charge in [-0.25, -0.2) is 0 Å². The Kier molecular flexibility index (Phi) is 4.33. The molecule has 0 aromatic carbocycles. The van der Waals surface area contributed by atoms with Crippen LogP contribution in [-0.2, 0) is 4.79 Å². The topological polar surface area (TPSA) is 35.9 Å². The van der Waals surface area contributed by atoms with Gasteiger partial charge in [0.15, 0.2) is 0 Å². The van der Waals surface area contributed by atoms with E-state index in [1.54, 1.807) is 33.2 Å². The summed E-state index contributed by atoms with van der Waals surface area (Å²) in [6.07, 6.45) is 0.662. The van der Waals surface area contributed by atoms with Gasteiger partial charge in [-0.15, -0.1) is 0 Å². The first-order chi connectivity index (χ1) is 5.49. The molecule has 0 atom stereocenters. The minimum absolute atomic E-state index is 0.0220. The average molecular weight is 171 g/mol. The van der Waals surface area contributed by atoms with Gasteiger partial charge in [-0.2, -0.15) is 5.10 Å². The molecule has 12 heavy (non-hydrogen) atoms. The summed E-state index contributed by atoms with van der Waals surface area (Å²) in [5.74, 6) is -0.0220. The Hall–Kier alpha value is -1.06. The number of rotatable bonds is 3. The Bertz CT molecular complexity index is 185. The smallest absolute Gasteiger partial charge is 0.269 e. The first-order valence-corrected chi connectivity index (χ1v) is 3.95. The zero-order valence-corrected chi connectivity index (χ0v) is 8.46. The van der Waals surface area contributed by atoms with E-state index in [2.05, 4.69) is 5.10 Å². The number of hydrazone groups is 1. The molecule has 4 nitrogen and oxygen atoms in total. The molecular weight excluding hydrogens is 154 g/mol. The molecule has 70 valence electrons. The van der Waals surface area contributed by atoms with Crippen LogP contribution in [0.4, 0.5) is 0 Å². The van der Waals surface area contributed by atoms with Crippen LogP contribution in [0.2, 0.25) is 0 Å². The summed E-state index contributed by atoms with van der Waals surface area (Å²) in [7, 11) is 7.06. The number of carbonyl (C=O) groups is 1. The number of carbonyl (C=O) groups excluding carboxylic acids is 1. The van der Waals surface area contributed by atoms with Crippen LogP contribution in [0.15, 0.2) is 5.10 Å². The summed E-state index contributed by atoms with van der Waals surface area (Å²) in [6, 6.07) is 0. The van der Waals surface area contributed by atoms with Crippen molar-refractivity contribution in [1.82, 2.24) is 9.91 Å². The quantitative estimate of drug-likeness (QED) is 0.455. The van der Waals surface area contributed by atoms with Gasteiger partial charge in [0.05, 0.1) is 0 Å². The second kappa shape index (κ2) is 4.74. The lowest BCUT2D eigenvalue weighted by molar-refractivity contribution is -0.121. The van der Waals surface area contributed by atoms with Crippen molar-refractivity contribution in [3.8, 4) is 0 Å². The predicted molar refractivity (Wildman–Crippen MR) is 50.1 cm³/mol. The maximum Gasteiger partial charge on any atom is 0.269 e. The molecule has 0 aromatic rings. The Morgan fingerprint density at radius 1 is 1.25 bits per heavy atom. The first-order valence-electron chi connectivity index (χ1n) is 3.95. The minimum atomic E-state index is -0.0220. The fraction of sp³-hybridized carbons (Fsp3) is 0.750. The number of amides is 1. The van der Waals surface area contributed by atoms with E-state index >= 15 is 0 Å². The second-order valence-corrected chi connectivity index (χ2v) is 2.95. The molecule has 0 spiro atoms. The number of hydrogen-bond donors (Lipinski definition) is 0. The van der Waals surface area contributed by atoms with Gasteiger partial charge in [0.25, 0.3) is 5.91 Å². The van der Waals surface area contributed by atoms with Crippen LogP contribution in [0.5, 0.6) is 0 Å². The molecule has 0 rings (SSSR count). The lowest BCUT2D eigenvalue weighted by atomic mass is 10.3. The van der Waals surface area contributed by atoms with Crippen molar-refractivity contribution in [3.05, 3.63) is 0 Å². The fourth-order valence-corrected chi connectivity index (χ4v) is 0.764. The molecule has 0 fully saturated rings. The summed E-state index contributed by atoms with van der Waals surface area (Å²) >= 11 is 0. The maximum absolute atomic E-state index is 11.4. The van der Waals surface area contributed by atoms with Crippen molar-refractivity contribution in [3.63, 3.8) is 0 Å². The zero-order valence-electron chi connectivity index (χ0n) is 8.46. The van der Waals surface area contributed by atoms with E-state index in [1.165, 1.54) is 4.90 Å². The first kappa shape index (κ1) is 10.9. The molecule has 0 saturated heterocycles. The molecule has 0 saturated carbocycles. The van der Waals surface area contributed by atoms with Crippen LogP contribution >= 0.6 is 0 Å². The van der Waals surface area contributed by atoms with E-state index in [-0.39, 0.29) is 5.91 Å². The number of hydrogen-bond acceptors (Lipinski definition) is 3. The average Bonchev–Trinajstić information content (AvgIpc) is 1.98. The third-order valence-corrected chi connectivity index (χ3v) is 1.31. The third-order valence-electron chi connectivity index (χ3n) is 1.31. The fourth-order valence-electron chi connectivity index (χ4n) is 0.764. The predicted octanol–water partition coefficient (Wildman–Crippen LogP) is 0.402. The van der Waals surface area contributed by atoms with E-state index in [0.717, 1.165) is 0 Å². The maximum atomic E-state index is 11.4. The summed E-state index contributed by atoms with van der Waals surface area (Å²) in [6.45, 7) is 1.92. The Morgan fingerprint density at radius 2 is 1.75 bits per heavy atom. The monoisotopic (exact) mass is 171 g/mol. The molecular formula is C8H17N3O. The SMILES string of the molecule is CC/C(=N\N(C)C)C(=O)N(C)C. The molecule has 0 unspecified atom stereocenters. The van der Waals surface area contributed by atoms with Gasteiger partial charge in [-0.05, 0) is 6.42 Å². The summed E-state index contributed by atoms with van der Waals surface area (Å²) in [5.41, 5.74) is 0.588. The van der Waals surface area contributed by atoms with Gasteiger partial charge < -0.3 is 9.91 Å². The molecule has 0 bridgehead atoms. The molecule has 1 amide bonds. The lowest BCUT2D eigenvalue weighted by Gasteiger charge is -2.13. The van der Waals surface area contributed by atoms with E-state index in [4.69, 9.17) is 0 Å². The summed E-state index contributed by atoms with van der Waals surface area (Å²) in [4.78, 5) is 12.9. The minimum Gasteiger partial charge on any atom is -0.344 e. The van der Waals surface area contributed by atoms with Gasteiger partial charge in [0.2, 0.25) is 0 Å². The highest BCUT2D eigenvalue weighted by Gasteiger charge is 2.11. The van der Waals surface area contributed by atoms with Crippen LogP contribution in [0.25, 0.3) is 0 Å². The van der Waals surface area contributed by atoms with Crippen LogP contribution in [-0.4, -0.2) is 49.7 Å². The van der Waals surface area contributed by atoms with Gasteiger partial charge >= 0.3 is 0 Å². The second-order valence-electron chi connectivity index (χ2n) is 2.95. The van der Waals surface area contributed by atoms with Crippen LogP contribution in [0, 0.1) is 0 Å². The molecule has 0 aliphatic carbocycles. The molecule has 0 radical (unpaired) electrons. The highest BCUT2D eigenvalue weighted by atomic mass is 16.2. The number of nitrogens with zero attached hydrogens (tertiary/aromatic N) is 3. The normalized spacial score (nSPS) is 11.2. The van der Waals surface area contributed by atoms with Crippen molar-refractivity contribution in [2.75, 3.05) is 28.2 Å². The van der Waals surface area contributed by atoms with Gasteiger partial charge in [-0.3, -0.25) is 4.79 Å². The lowest BCUT2D eigenvalue weighted by Crippen LogP contribution is -2.30. The summed E-state index contributed by atoms with van der Waals surface area (Å²) in [5, 5.41) is 5.71. The zero-order chi connectivity index (χ0) is 9.72. The Morgan fingerprint density at radius 3 is 2.00 bits per heavy atom. The molecule has 0 aliphatic heterocycles. The highest BCUT2D eigenvalue weighted by molar-refractivity contribution is 6.38. The van der Waals surface area contributed by atoms with Crippen molar-refractivity contribution < 1.29 is 4.79 Å². The molecule has 0 N–H and O–H groups in total. The van der Waals surface area contributed by atoms with Crippen LogP contribution < -0.4 is 0 Å². The third kappa shape index (κ3) is 3.37. The van der Waals surface area contributed by atoms with Crippen LogP contribution in [0.3, 0.4) is 0 Å². The van der Waals surface area contributed by atoms with E-state index in [0.29, 0.717) is 12.1 Å². The molecule has 0 aliphatic rings. The van der Waals surface area contributed by atoms with Crippen molar-refractivity contribution in [2.45, 2.75) is 13.3 Å². The van der Waals surface area contributed by atoms with E-state index in [9.17, 15) is 4.79 Å². The van der Waals surface area contributed by atoms with Crippen LogP contribution in [0.1, 0.15) is 13.3 Å². The largest absolute Gasteiger partial charge is 0.344 e. The van der Waals surface area contributed by atoms with Gasteiger partial charge in [0.1, 0.15) is 5.71 Å². The van der Waals surface area contributed by atoms with Crippen molar-refractivity contribution in [1.29, 1.82) is 0 Å². The molecule has 0 heterocycles. The van der Waals surface area contributed by atoms with Crippen molar-refractivity contribution in [2.24, 2.45) is 5.10 Å². The van der Waals surface area contributed by atoms with Crippen molar-refractivity contribution >= 4 is 11.6 Å². The highest BCUT2D eigenvalue weighted by Crippen LogP contribution is 1.92. The van der Waals surface area contributed by atoms with Gasteiger partial charge in [-0.1, -0.05) is 6.92 Å².